The summed E-state index contributed by atoms with van der Waals surface area (Å²) in [4.78, 5) is 14.4. The van der Waals surface area contributed by atoms with Gasteiger partial charge in [0.2, 0.25) is 0 Å². The summed E-state index contributed by atoms with van der Waals surface area (Å²) in [6, 6.07) is 7.97. The molecule has 3 N–H and O–H groups in total. The van der Waals surface area contributed by atoms with Crippen LogP contribution < -0.4 is 5.32 Å². The van der Waals surface area contributed by atoms with Crippen LogP contribution in [0.5, 0.6) is 0 Å². The molecule has 8 nitrogen and oxygen atoms in total. The van der Waals surface area contributed by atoms with Crippen LogP contribution in [-0.2, 0) is 14.6 Å². The van der Waals surface area contributed by atoms with Crippen LogP contribution in [0.1, 0.15) is 115 Å². The Bertz CT molecular complexity index is 1560. The summed E-state index contributed by atoms with van der Waals surface area (Å²) in [5.41, 5.74) is 2.30. The van der Waals surface area contributed by atoms with Gasteiger partial charge >= 0.3 is 5.97 Å². The average Bonchev–Trinajstić information content (AvgIpc) is 3.09. The Balaban J connectivity index is 1.24. The lowest BCUT2D eigenvalue weighted by atomic mass is 9.36. The molecule has 0 radical (unpaired) electrons. The maximum absolute atomic E-state index is 12.1. The Morgan fingerprint density at radius 3 is 2.31 bits per heavy atom. The van der Waals surface area contributed by atoms with Gasteiger partial charge in [-0.15, -0.1) is 0 Å². The van der Waals surface area contributed by atoms with Gasteiger partial charge in [-0.3, -0.25) is 0 Å². The van der Waals surface area contributed by atoms with Crippen molar-refractivity contribution in [3.8, 4) is 0 Å². The molecule has 0 spiro atoms. The highest BCUT2D eigenvalue weighted by atomic mass is 32.2. The van der Waals surface area contributed by atoms with E-state index in [-0.39, 0.29) is 51.8 Å². The Morgan fingerprint density at radius 1 is 1.00 bits per heavy atom. The Labute approximate surface area is 308 Å². The van der Waals surface area contributed by atoms with E-state index in [9.17, 15) is 23.4 Å². The highest BCUT2D eigenvalue weighted by Gasteiger charge is 2.65. The number of fused-ring (bicyclic) bond motifs is 5. The van der Waals surface area contributed by atoms with E-state index in [1.165, 1.54) is 43.9 Å². The van der Waals surface area contributed by atoms with Crippen LogP contribution in [0.3, 0.4) is 0 Å². The number of aliphatic hydroxyl groups is 2. The van der Waals surface area contributed by atoms with Gasteiger partial charge in [-0.1, -0.05) is 52.8 Å². The maximum Gasteiger partial charge on any atom is 0.337 e. The topological polar surface area (TPSA) is 116 Å². The van der Waals surface area contributed by atoms with Crippen molar-refractivity contribution in [3.63, 3.8) is 0 Å². The number of carbonyl (C=O) groups is 1. The first kappa shape index (κ1) is 38.9. The molecule has 51 heavy (non-hydrogen) atoms. The number of hydrogen-bond acceptors (Lipinski definition) is 8. The number of ether oxygens (including phenoxy) is 1. The van der Waals surface area contributed by atoms with Crippen LogP contribution in [0, 0.1) is 45.8 Å². The molecule has 0 aromatic heterocycles. The van der Waals surface area contributed by atoms with Gasteiger partial charge in [-0.05, 0) is 134 Å². The van der Waals surface area contributed by atoms with E-state index >= 15 is 0 Å². The van der Waals surface area contributed by atoms with Gasteiger partial charge in [0.1, 0.15) is 0 Å². The number of methoxy groups -OCH3 is 1. The van der Waals surface area contributed by atoms with Gasteiger partial charge in [0.05, 0.1) is 36.4 Å². The normalized spacial score (nSPS) is 38.7. The number of hydrogen-bond donors (Lipinski definition) is 3. The Hall–Kier alpha value is -1.78. The first-order valence-electron chi connectivity index (χ1n) is 19.9. The second-order valence-corrected chi connectivity index (χ2v) is 20.9. The number of carbonyl (C=O) groups excluding carboxylic acids is 1. The molecular weight excluding hydrogens is 661 g/mol. The van der Waals surface area contributed by atoms with Gasteiger partial charge in [0.25, 0.3) is 0 Å². The molecule has 1 aliphatic heterocycles. The summed E-state index contributed by atoms with van der Waals surface area (Å²) >= 11 is 0. The minimum Gasteiger partial charge on any atom is -0.465 e. The SMILES string of the molecule is CC[C@]1(NCCN2CCS(=O)(=O)CC2)CCC2[C@H](CC[C@@H]3[C@@]4(C)CC=C(c5ccc(C(=O)OC)cc5)C(C)(C)[C@@H]4CC[C@@]23C)[C@H]1CC(C)(O)CO. The van der Waals surface area contributed by atoms with Gasteiger partial charge in [0.15, 0.2) is 9.84 Å². The fourth-order valence-corrected chi connectivity index (χ4v) is 14.2. The molecular formula is C42H66N2O6S. The van der Waals surface area contributed by atoms with Crippen LogP contribution in [0.4, 0.5) is 0 Å². The standard InChI is InChI=1S/C42H66N2O6S/c1-8-42(43-21-22-44-23-25-51(48,49)26-24-44)20-16-33-31(34(42)27-39(4,47)28-45)13-14-36-40(33,5)19-17-35-38(2,3)32(15-18-41(35,36)6)29-9-11-30(12-10-29)37(46)50-7/h9-12,15,31,33-36,43,45,47H,8,13-14,16-28H2,1-7H3/t31-,33?,34+,35-,36-,39?,40-,41-,42-/m0/s1. The molecule has 1 aromatic carbocycles. The molecule has 9 heteroatoms. The van der Waals surface area contributed by atoms with Crippen molar-refractivity contribution < 1.29 is 28.2 Å². The molecule has 1 aromatic rings. The van der Waals surface area contributed by atoms with Crippen molar-refractivity contribution in [1.82, 2.24) is 10.2 Å². The summed E-state index contributed by atoms with van der Waals surface area (Å²) in [5, 5.41) is 25.8. The van der Waals surface area contributed by atoms with E-state index in [1.807, 2.05) is 19.1 Å². The number of rotatable bonds is 10. The maximum atomic E-state index is 12.1. The minimum atomic E-state index is -2.91. The molecule has 3 saturated carbocycles. The van der Waals surface area contributed by atoms with Crippen molar-refractivity contribution in [1.29, 1.82) is 0 Å². The van der Waals surface area contributed by atoms with Gasteiger partial charge < -0.3 is 25.2 Å². The molecule has 2 unspecified atom stereocenters. The average molecular weight is 727 g/mol. The number of esters is 1. The van der Waals surface area contributed by atoms with E-state index in [2.05, 4.69) is 63.0 Å². The van der Waals surface area contributed by atoms with Gasteiger partial charge in [-0.25, -0.2) is 13.2 Å². The molecule has 6 rings (SSSR count). The molecule has 0 amide bonds. The molecule has 5 aliphatic rings. The molecule has 286 valence electrons. The van der Waals surface area contributed by atoms with Crippen molar-refractivity contribution in [2.24, 2.45) is 45.8 Å². The predicted molar refractivity (Wildman–Crippen MR) is 204 cm³/mol. The third-order valence-corrected chi connectivity index (χ3v) is 17.2. The van der Waals surface area contributed by atoms with Gasteiger partial charge in [0, 0.05) is 31.7 Å². The zero-order valence-electron chi connectivity index (χ0n) is 32.5. The zero-order valence-corrected chi connectivity index (χ0v) is 33.3. The number of nitrogens with one attached hydrogen (secondary N) is 1. The Kier molecular flexibility index (Phi) is 10.8. The quantitative estimate of drug-likeness (QED) is 0.239. The molecule has 4 aliphatic carbocycles. The van der Waals surface area contributed by atoms with Crippen LogP contribution in [0.15, 0.2) is 30.3 Å². The lowest BCUT2D eigenvalue weighted by Gasteiger charge is -2.69. The van der Waals surface area contributed by atoms with Crippen molar-refractivity contribution in [2.45, 2.75) is 110 Å². The second kappa shape index (κ2) is 14.1. The third-order valence-electron chi connectivity index (χ3n) is 15.5. The van der Waals surface area contributed by atoms with E-state index in [0.29, 0.717) is 48.7 Å². The zero-order chi connectivity index (χ0) is 37.0. The summed E-state index contributed by atoms with van der Waals surface area (Å²) in [6.07, 6.45) is 12.1. The van der Waals surface area contributed by atoms with E-state index < -0.39 is 15.4 Å². The molecule has 1 saturated heterocycles. The number of sulfone groups is 1. The fraction of sp³-hybridized carbons (Fsp3) is 0.786. The highest BCUT2D eigenvalue weighted by Crippen LogP contribution is 2.72. The highest BCUT2D eigenvalue weighted by molar-refractivity contribution is 7.91. The number of benzene rings is 1. The monoisotopic (exact) mass is 726 g/mol. The molecule has 9 atom stereocenters. The largest absolute Gasteiger partial charge is 0.465 e. The van der Waals surface area contributed by atoms with Gasteiger partial charge in [-0.2, -0.15) is 0 Å². The molecule has 4 fully saturated rings. The first-order valence-corrected chi connectivity index (χ1v) is 21.7. The lowest BCUT2D eigenvalue weighted by molar-refractivity contribution is -0.182. The van der Waals surface area contributed by atoms with Crippen LogP contribution in [-0.4, -0.2) is 92.0 Å². The van der Waals surface area contributed by atoms with Crippen molar-refractivity contribution >= 4 is 21.4 Å². The number of aliphatic hydroxyl groups excluding tert-OH is 1. The van der Waals surface area contributed by atoms with Crippen LogP contribution in [0.25, 0.3) is 5.57 Å². The van der Waals surface area contributed by atoms with E-state index in [1.54, 1.807) is 0 Å². The summed E-state index contributed by atoms with van der Waals surface area (Å²) in [5.74, 6) is 2.64. The summed E-state index contributed by atoms with van der Waals surface area (Å²) in [6.45, 7) is 16.8. The summed E-state index contributed by atoms with van der Waals surface area (Å²) < 4.78 is 29.0. The van der Waals surface area contributed by atoms with E-state index in [4.69, 9.17) is 4.74 Å². The summed E-state index contributed by atoms with van der Waals surface area (Å²) in [7, 11) is -1.48. The molecule has 0 bridgehead atoms. The Morgan fingerprint density at radius 2 is 1.69 bits per heavy atom. The van der Waals surface area contributed by atoms with Crippen molar-refractivity contribution in [2.75, 3.05) is 51.4 Å². The fourth-order valence-electron chi connectivity index (χ4n) is 12.9. The second-order valence-electron chi connectivity index (χ2n) is 18.6. The third kappa shape index (κ3) is 7.01. The van der Waals surface area contributed by atoms with Crippen LogP contribution in [0.2, 0.25) is 0 Å². The predicted octanol–water partition coefficient (Wildman–Crippen LogP) is 6.36. The smallest absolute Gasteiger partial charge is 0.337 e. The first-order chi connectivity index (χ1) is 24.0. The van der Waals surface area contributed by atoms with Crippen molar-refractivity contribution in [3.05, 3.63) is 41.5 Å². The van der Waals surface area contributed by atoms with E-state index in [0.717, 1.165) is 38.8 Å². The number of allylic oxidation sites excluding steroid dienone is 2. The minimum absolute atomic E-state index is 0.00723. The van der Waals surface area contributed by atoms with Crippen LogP contribution >= 0.6 is 0 Å². The lowest BCUT2D eigenvalue weighted by Crippen LogP contribution is -2.65. The molecule has 1 heterocycles. The number of nitrogens with zero attached hydrogens (tertiary/aromatic N) is 1.